The van der Waals surface area contributed by atoms with Crippen LogP contribution in [0.3, 0.4) is 0 Å². The first kappa shape index (κ1) is 19.2. The largest absolute Gasteiger partial charge is 0.495 e. The zero-order valence-corrected chi connectivity index (χ0v) is 16.0. The van der Waals surface area contributed by atoms with Crippen LogP contribution in [-0.4, -0.2) is 29.1 Å². The SMILES string of the molecule is COc1ccccc1NC(=O)c1cnc(Nc2ccccc2OC(C)C)cn1. The van der Waals surface area contributed by atoms with Gasteiger partial charge in [-0.25, -0.2) is 9.97 Å². The minimum Gasteiger partial charge on any atom is -0.495 e. The van der Waals surface area contributed by atoms with Crippen molar-refractivity contribution in [3.8, 4) is 11.5 Å². The summed E-state index contributed by atoms with van der Waals surface area (Å²) < 4.78 is 11.0. The molecule has 3 rings (SSSR count). The standard InChI is InChI=1S/C21H22N4O3/c1-14(2)28-19-11-7-5-9-16(19)24-20-13-22-17(12-23-20)21(26)25-15-8-4-6-10-18(15)27-3/h4-14H,1-3H3,(H,23,24)(H,25,26). The van der Waals surface area contributed by atoms with Crippen LogP contribution < -0.4 is 20.1 Å². The molecule has 0 aliphatic heterocycles. The number of hydrogen-bond donors (Lipinski definition) is 2. The Morgan fingerprint density at radius 2 is 1.61 bits per heavy atom. The number of amides is 1. The zero-order chi connectivity index (χ0) is 19.9. The summed E-state index contributed by atoms with van der Waals surface area (Å²) in [6, 6.07) is 14.7. The van der Waals surface area contributed by atoms with Crippen molar-refractivity contribution in [3.05, 3.63) is 66.6 Å². The number of nitrogens with one attached hydrogen (secondary N) is 2. The number of carbonyl (C=O) groups is 1. The highest BCUT2D eigenvalue weighted by atomic mass is 16.5. The van der Waals surface area contributed by atoms with E-state index in [0.29, 0.717) is 17.3 Å². The van der Waals surface area contributed by atoms with Gasteiger partial charge in [0.25, 0.3) is 5.91 Å². The van der Waals surface area contributed by atoms with Crippen LogP contribution in [0.4, 0.5) is 17.2 Å². The van der Waals surface area contributed by atoms with Gasteiger partial charge in [-0.05, 0) is 38.1 Å². The van der Waals surface area contributed by atoms with Gasteiger partial charge in [-0.3, -0.25) is 4.79 Å². The van der Waals surface area contributed by atoms with Gasteiger partial charge in [-0.2, -0.15) is 0 Å². The molecule has 0 aliphatic carbocycles. The van der Waals surface area contributed by atoms with Crippen molar-refractivity contribution in [2.24, 2.45) is 0 Å². The van der Waals surface area contributed by atoms with E-state index in [-0.39, 0.29) is 17.7 Å². The first-order valence-corrected chi connectivity index (χ1v) is 8.86. The van der Waals surface area contributed by atoms with Crippen LogP contribution in [0.15, 0.2) is 60.9 Å². The highest BCUT2D eigenvalue weighted by Crippen LogP contribution is 2.27. The van der Waals surface area contributed by atoms with E-state index in [1.807, 2.05) is 50.2 Å². The predicted octanol–water partition coefficient (Wildman–Crippen LogP) is 4.27. The molecular formula is C21H22N4O3. The molecule has 0 aliphatic rings. The molecule has 0 bridgehead atoms. The Labute approximate surface area is 163 Å². The lowest BCUT2D eigenvalue weighted by Gasteiger charge is -2.15. The topological polar surface area (TPSA) is 85.4 Å². The van der Waals surface area contributed by atoms with Crippen molar-refractivity contribution < 1.29 is 14.3 Å². The molecule has 7 nitrogen and oxygen atoms in total. The van der Waals surface area contributed by atoms with E-state index in [1.165, 1.54) is 12.4 Å². The van der Waals surface area contributed by atoms with Gasteiger partial charge < -0.3 is 20.1 Å². The van der Waals surface area contributed by atoms with Gasteiger partial charge in [0.15, 0.2) is 0 Å². The van der Waals surface area contributed by atoms with E-state index in [4.69, 9.17) is 9.47 Å². The van der Waals surface area contributed by atoms with E-state index in [1.54, 1.807) is 19.2 Å². The van der Waals surface area contributed by atoms with Gasteiger partial charge in [0.05, 0.1) is 37.0 Å². The Bertz CT molecular complexity index is 942. The van der Waals surface area contributed by atoms with E-state index in [2.05, 4.69) is 20.6 Å². The molecule has 0 fully saturated rings. The van der Waals surface area contributed by atoms with Crippen LogP contribution in [0, 0.1) is 0 Å². The summed E-state index contributed by atoms with van der Waals surface area (Å²) in [7, 11) is 1.55. The highest BCUT2D eigenvalue weighted by molar-refractivity contribution is 6.03. The van der Waals surface area contributed by atoms with Gasteiger partial charge in [-0.1, -0.05) is 24.3 Å². The average molecular weight is 378 g/mol. The van der Waals surface area contributed by atoms with Crippen molar-refractivity contribution >= 4 is 23.1 Å². The van der Waals surface area contributed by atoms with Crippen LogP contribution in [0.1, 0.15) is 24.3 Å². The summed E-state index contributed by atoms with van der Waals surface area (Å²) in [5.41, 5.74) is 1.54. The molecule has 2 N–H and O–H groups in total. The number of anilines is 3. The third-order valence-corrected chi connectivity index (χ3v) is 3.75. The van der Waals surface area contributed by atoms with Crippen LogP contribution in [0.2, 0.25) is 0 Å². The van der Waals surface area contributed by atoms with Crippen molar-refractivity contribution in [2.75, 3.05) is 17.7 Å². The second kappa shape index (κ2) is 8.85. The molecule has 1 heterocycles. The van der Waals surface area contributed by atoms with Gasteiger partial charge in [-0.15, -0.1) is 0 Å². The molecule has 0 radical (unpaired) electrons. The van der Waals surface area contributed by atoms with E-state index in [0.717, 1.165) is 11.4 Å². The summed E-state index contributed by atoms with van der Waals surface area (Å²) in [6.07, 6.45) is 2.97. The molecule has 0 atom stereocenters. The summed E-state index contributed by atoms with van der Waals surface area (Å²) in [4.78, 5) is 20.9. The lowest BCUT2D eigenvalue weighted by Crippen LogP contribution is -2.15. The Morgan fingerprint density at radius 3 is 2.25 bits per heavy atom. The maximum absolute atomic E-state index is 12.4. The minimum absolute atomic E-state index is 0.0510. The first-order chi connectivity index (χ1) is 13.6. The lowest BCUT2D eigenvalue weighted by atomic mass is 10.2. The molecule has 28 heavy (non-hydrogen) atoms. The monoisotopic (exact) mass is 378 g/mol. The zero-order valence-electron chi connectivity index (χ0n) is 16.0. The van der Waals surface area contributed by atoms with E-state index < -0.39 is 0 Å². The first-order valence-electron chi connectivity index (χ1n) is 8.86. The minimum atomic E-state index is -0.368. The Morgan fingerprint density at radius 1 is 0.929 bits per heavy atom. The normalized spacial score (nSPS) is 10.4. The van der Waals surface area contributed by atoms with Crippen molar-refractivity contribution in [3.63, 3.8) is 0 Å². The van der Waals surface area contributed by atoms with Crippen LogP contribution in [-0.2, 0) is 0 Å². The van der Waals surface area contributed by atoms with Crippen molar-refractivity contribution in [2.45, 2.75) is 20.0 Å². The summed E-state index contributed by atoms with van der Waals surface area (Å²) in [6.45, 7) is 3.93. The second-order valence-corrected chi connectivity index (χ2v) is 6.23. The smallest absolute Gasteiger partial charge is 0.275 e. The molecule has 1 amide bonds. The molecule has 3 aromatic rings. The number of carbonyl (C=O) groups excluding carboxylic acids is 1. The van der Waals surface area contributed by atoms with Gasteiger partial charge in [0, 0.05) is 0 Å². The number of ether oxygens (including phenoxy) is 2. The highest BCUT2D eigenvalue weighted by Gasteiger charge is 2.12. The molecule has 1 aromatic heterocycles. The molecule has 0 unspecified atom stereocenters. The van der Waals surface area contributed by atoms with Crippen molar-refractivity contribution in [1.82, 2.24) is 9.97 Å². The summed E-state index contributed by atoms with van der Waals surface area (Å²) in [5, 5.41) is 5.93. The molecule has 0 saturated heterocycles. The van der Waals surface area contributed by atoms with Crippen molar-refractivity contribution in [1.29, 1.82) is 0 Å². The van der Waals surface area contributed by atoms with Gasteiger partial charge in [0.2, 0.25) is 0 Å². The Hall–Kier alpha value is -3.61. The fourth-order valence-electron chi connectivity index (χ4n) is 2.51. The number of aromatic nitrogens is 2. The maximum atomic E-state index is 12.4. The molecule has 144 valence electrons. The van der Waals surface area contributed by atoms with Crippen LogP contribution in [0.5, 0.6) is 11.5 Å². The number of rotatable bonds is 7. The van der Waals surface area contributed by atoms with E-state index >= 15 is 0 Å². The molecule has 7 heteroatoms. The predicted molar refractivity (Wildman–Crippen MR) is 108 cm³/mol. The number of benzene rings is 2. The third kappa shape index (κ3) is 4.76. The van der Waals surface area contributed by atoms with Crippen LogP contribution >= 0.6 is 0 Å². The summed E-state index contributed by atoms with van der Waals surface area (Å²) >= 11 is 0. The second-order valence-electron chi connectivity index (χ2n) is 6.23. The third-order valence-electron chi connectivity index (χ3n) is 3.75. The Kier molecular flexibility index (Phi) is 6.06. The van der Waals surface area contributed by atoms with Gasteiger partial charge >= 0.3 is 0 Å². The molecular weight excluding hydrogens is 356 g/mol. The maximum Gasteiger partial charge on any atom is 0.275 e. The number of hydrogen-bond acceptors (Lipinski definition) is 6. The fraction of sp³-hybridized carbons (Fsp3) is 0.190. The molecule has 0 spiro atoms. The van der Waals surface area contributed by atoms with Crippen LogP contribution in [0.25, 0.3) is 0 Å². The molecule has 2 aromatic carbocycles. The quantitative estimate of drug-likeness (QED) is 0.639. The molecule has 0 saturated carbocycles. The average Bonchev–Trinajstić information content (AvgIpc) is 2.70. The summed E-state index contributed by atoms with van der Waals surface area (Å²) in [5.74, 6) is 1.43. The number of nitrogens with zero attached hydrogens (tertiary/aromatic N) is 2. The number of para-hydroxylation sites is 4. The Balaban J connectivity index is 1.71. The van der Waals surface area contributed by atoms with Gasteiger partial charge in [0.1, 0.15) is 23.0 Å². The van der Waals surface area contributed by atoms with E-state index in [9.17, 15) is 4.79 Å². The fourth-order valence-corrected chi connectivity index (χ4v) is 2.51. The number of methoxy groups -OCH3 is 1. The lowest BCUT2D eigenvalue weighted by molar-refractivity contribution is 0.102.